The molecule has 0 aliphatic carbocycles. The Labute approximate surface area is 141 Å². The second-order valence-electron chi connectivity index (χ2n) is 6.29. The second-order valence-corrected chi connectivity index (χ2v) is 7.28. The average Bonchev–Trinajstić information content (AvgIpc) is 2.89. The van der Waals surface area contributed by atoms with Crippen LogP contribution in [-0.2, 0) is 14.3 Å². The maximum Gasteiger partial charge on any atom is 0.416 e. The Hall–Kier alpha value is -2.00. The van der Waals surface area contributed by atoms with Crippen molar-refractivity contribution >= 4 is 24.6 Å². The van der Waals surface area contributed by atoms with Crippen LogP contribution in [0.3, 0.4) is 0 Å². The van der Waals surface area contributed by atoms with E-state index in [-0.39, 0.29) is 30.9 Å². The van der Waals surface area contributed by atoms with Gasteiger partial charge in [-0.3, -0.25) is 4.79 Å². The highest BCUT2D eigenvalue weighted by Crippen LogP contribution is 2.34. The molecule has 5 nitrogen and oxygen atoms in total. The summed E-state index contributed by atoms with van der Waals surface area (Å²) in [7, 11) is 0. The summed E-state index contributed by atoms with van der Waals surface area (Å²) in [6.45, 7) is 5.96. The zero-order chi connectivity index (χ0) is 17.2. The van der Waals surface area contributed by atoms with Crippen LogP contribution in [-0.4, -0.2) is 29.5 Å². The Morgan fingerprint density at radius 3 is 2.61 bits per heavy atom. The molecule has 1 fully saturated rings. The van der Waals surface area contributed by atoms with Crippen molar-refractivity contribution in [1.82, 2.24) is 4.90 Å². The second kappa shape index (κ2) is 6.63. The zero-order valence-electron chi connectivity index (χ0n) is 13.4. The fourth-order valence-electron chi connectivity index (χ4n) is 2.60. The molecule has 0 unspecified atom stereocenters. The van der Waals surface area contributed by atoms with E-state index in [1.807, 2.05) is 20.8 Å². The molecule has 6 heteroatoms. The van der Waals surface area contributed by atoms with Gasteiger partial charge in [-0.25, -0.2) is 9.69 Å². The van der Waals surface area contributed by atoms with Gasteiger partial charge in [0.2, 0.25) is 5.91 Å². The number of benzene rings is 1. The van der Waals surface area contributed by atoms with Gasteiger partial charge in [-0.2, -0.15) is 17.9 Å². The number of ether oxygens (including phenoxy) is 1. The molecule has 2 amide bonds. The summed E-state index contributed by atoms with van der Waals surface area (Å²) in [5.74, 6) is -0.167. The Bertz CT molecular complexity index is 647. The molecule has 1 heterocycles. The first-order chi connectivity index (χ1) is 10.8. The molecule has 122 valence electrons. The van der Waals surface area contributed by atoms with Crippen molar-refractivity contribution in [3.8, 4) is 6.07 Å². The molecule has 1 aliphatic heterocycles. The molecule has 1 aromatic rings. The van der Waals surface area contributed by atoms with E-state index >= 15 is 0 Å². The van der Waals surface area contributed by atoms with Crippen LogP contribution in [0, 0.1) is 17.2 Å². The van der Waals surface area contributed by atoms with Gasteiger partial charge in [0.25, 0.3) is 0 Å². The molecule has 23 heavy (non-hydrogen) atoms. The van der Waals surface area contributed by atoms with Crippen LogP contribution >= 0.6 is 12.6 Å². The third-order valence-corrected chi connectivity index (χ3v) is 4.49. The van der Waals surface area contributed by atoms with E-state index in [1.165, 1.54) is 4.90 Å². The number of hydrogen-bond donors (Lipinski definition) is 1. The molecule has 0 aromatic heterocycles. The van der Waals surface area contributed by atoms with E-state index in [0.717, 1.165) is 5.56 Å². The van der Waals surface area contributed by atoms with Gasteiger partial charge in [-0.15, -0.1) is 0 Å². The van der Waals surface area contributed by atoms with E-state index < -0.39 is 10.8 Å². The van der Waals surface area contributed by atoms with E-state index in [4.69, 9.17) is 10.00 Å². The Kier molecular flexibility index (Phi) is 5.00. The summed E-state index contributed by atoms with van der Waals surface area (Å²) >= 11 is 4.60. The normalized spacial score (nSPS) is 20.1. The van der Waals surface area contributed by atoms with Gasteiger partial charge in [0.05, 0.1) is 17.7 Å². The number of imide groups is 1. The van der Waals surface area contributed by atoms with Crippen LogP contribution in [0.5, 0.6) is 0 Å². The number of nitrogens with zero attached hydrogens (tertiary/aromatic N) is 2. The number of rotatable bonds is 4. The summed E-state index contributed by atoms with van der Waals surface area (Å²) in [4.78, 5) is 25.7. The lowest BCUT2D eigenvalue weighted by molar-refractivity contribution is -0.130. The largest absolute Gasteiger partial charge is 0.447 e. The van der Waals surface area contributed by atoms with Crippen molar-refractivity contribution in [2.75, 3.05) is 6.61 Å². The summed E-state index contributed by atoms with van der Waals surface area (Å²) in [6.07, 6.45) is -0.516. The van der Waals surface area contributed by atoms with Gasteiger partial charge in [0.15, 0.2) is 0 Å². The molecule has 0 radical (unpaired) electrons. The SMILES string of the molecule is CC(C)[C@H]1COC(=O)N1C(=O)C[C@@](C)(S)c1ccc(C#N)cc1. The molecule has 2 atom stereocenters. The van der Waals surface area contributed by atoms with Gasteiger partial charge >= 0.3 is 6.09 Å². The fourth-order valence-corrected chi connectivity index (χ4v) is 2.88. The van der Waals surface area contributed by atoms with Crippen molar-refractivity contribution in [3.63, 3.8) is 0 Å². The number of nitriles is 1. The van der Waals surface area contributed by atoms with Crippen LogP contribution in [0.4, 0.5) is 4.79 Å². The first-order valence-electron chi connectivity index (χ1n) is 7.48. The Balaban J connectivity index is 2.17. The molecular formula is C17H20N2O3S. The maximum atomic E-state index is 12.6. The number of amides is 2. The Morgan fingerprint density at radius 1 is 1.48 bits per heavy atom. The lowest BCUT2D eigenvalue weighted by Crippen LogP contribution is -2.43. The first-order valence-corrected chi connectivity index (χ1v) is 7.93. The van der Waals surface area contributed by atoms with Crippen LogP contribution in [0.1, 0.15) is 38.3 Å². The monoisotopic (exact) mass is 332 g/mol. The van der Waals surface area contributed by atoms with Crippen molar-refractivity contribution < 1.29 is 14.3 Å². The highest BCUT2D eigenvalue weighted by Gasteiger charge is 2.41. The molecule has 0 saturated carbocycles. The minimum absolute atomic E-state index is 0.0698. The lowest BCUT2D eigenvalue weighted by atomic mass is 9.94. The molecule has 0 spiro atoms. The van der Waals surface area contributed by atoms with E-state index in [9.17, 15) is 9.59 Å². The zero-order valence-corrected chi connectivity index (χ0v) is 14.3. The number of thiol groups is 1. The minimum Gasteiger partial charge on any atom is -0.447 e. The lowest BCUT2D eigenvalue weighted by Gasteiger charge is -2.28. The smallest absolute Gasteiger partial charge is 0.416 e. The predicted octanol–water partition coefficient (Wildman–Crippen LogP) is 3.10. The standard InChI is InChI=1S/C17H20N2O3S/c1-11(2)14-10-22-16(21)19(14)15(20)8-17(3,23)13-6-4-12(9-18)5-7-13/h4-7,11,14,23H,8,10H2,1-3H3/t14-,17-/m1/s1. The van der Waals surface area contributed by atoms with Gasteiger partial charge in [-0.05, 0) is 30.5 Å². The first kappa shape index (κ1) is 17.4. The summed E-state index contributed by atoms with van der Waals surface area (Å²) in [6, 6.07) is 8.76. The number of carbonyl (C=O) groups excluding carboxylic acids is 2. The third-order valence-electron chi connectivity index (χ3n) is 4.08. The summed E-state index contributed by atoms with van der Waals surface area (Å²) in [5, 5.41) is 8.85. The number of cyclic esters (lactones) is 1. The third kappa shape index (κ3) is 3.67. The van der Waals surface area contributed by atoms with E-state index in [2.05, 4.69) is 18.7 Å². The fraction of sp³-hybridized carbons (Fsp3) is 0.471. The van der Waals surface area contributed by atoms with Gasteiger partial charge in [0, 0.05) is 11.2 Å². The number of carbonyl (C=O) groups is 2. The molecule has 1 aromatic carbocycles. The molecule has 0 bridgehead atoms. The summed E-state index contributed by atoms with van der Waals surface area (Å²) in [5.41, 5.74) is 1.37. The van der Waals surface area contributed by atoms with Gasteiger partial charge < -0.3 is 4.74 Å². The highest BCUT2D eigenvalue weighted by molar-refractivity contribution is 7.81. The van der Waals surface area contributed by atoms with E-state index in [1.54, 1.807) is 24.3 Å². The predicted molar refractivity (Wildman–Crippen MR) is 88.9 cm³/mol. The summed E-state index contributed by atoms with van der Waals surface area (Å²) < 4.78 is 4.28. The van der Waals surface area contributed by atoms with Crippen LogP contribution in [0.2, 0.25) is 0 Å². The van der Waals surface area contributed by atoms with Crippen LogP contribution in [0.25, 0.3) is 0 Å². The van der Waals surface area contributed by atoms with Crippen molar-refractivity contribution in [2.45, 2.75) is 38.0 Å². The average molecular weight is 332 g/mol. The quantitative estimate of drug-likeness (QED) is 0.860. The maximum absolute atomic E-state index is 12.6. The van der Waals surface area contributed by atoms with Crippen LogP contribution in [0.15, 0.2) is 24.3 Å². The minimum atomic E-state index is -0.741. The van der Waals surface area contributed by atoms with Crippen LogP contribution < -0.4 is 0 Å². The Morgan fingerprint density at radius 2 is 2.09 bits per heavy atom. The van der Waals surface area contributed by atoms with Crippen molar-refractivity contribution in [2.24, 2.45) is 5.92 Å². The van der Waals surface area contributed by atoms with Crippen molar-refractivity contribution in [3.05, 3.63) is 35.4 Å². The molecule has 1 aliphatic rings. The van der Waals surface area contributed by atoms with Crippen molar-refractivity contribution in [1.29, 1.82) is 5.26 Å². The topological polar surface area (TPSA) is 70.4 Å². The molecule has 0 N–H and O–H groups in total. The number of hydrogen-bond acceptors (Lipinski definition) is 5. The molecule has 2 rings (SSSR count). The van der Waals surface area contributed by atoms with Gasteiger partial charge in [0.1, 0.15) is 6.61 Å². The molecule has 1 saturated heterocycles. The van der Waals surface area contributed by atoms with Gasteiger partial charge in [-0.1, -0.05) is 26.0 Å². The molecular weight excluding hydrogens is 312 g/mol. The van der Waals surface area contributed by atoms with E-state index in [0.29, 0.717) is 5.56 Å². The highest BCUT2D eigenvalue weighted by atomic mass is 32.1.